The average Bonchev–Trinajstić information content (AvgIpc) is 2.49. The number of carbonyl (C=O) groups excluding carboxylic acids is 1. The molecule has 0 atom stereocenters. The lowest BCUT2D eigenvalue weighted by Gasteiger charge is -2.28. The first-order chi connectivity index (χ1) is 9.79. The second kappa shape index (κ2) is 8.08. The van der Waals surface area contributed by atoms with Crippen molar-refractivity contribution in [2.24, 2.45) is 0 Å². The van der Waals surface area contributed by atoms with Crippen molar-refractivity contribution in [2.75, 3.05) is 18.0 Å². The van der Waals surface area contributed by atoms with Crippen LogP contribution in [-0.4, -0.2) is 18.9 Å². The molecule has 0 radical (unpaired) electrons. The predicted molar refractivity (Wildman–Crippen MR) is 85.4 cm³/mol. The molecule has 1 fully saturated rings. The highest BCUT2D eigenvalue weighted by atomic mass is 16.1. The van der Waals surface area contributed by atoms with Gasteiger partial charge in [0.15, 0.2) is 0 Å². The third kappa shape index (κ3) is 4.66. The van der Waals surface area contributed by atoms with Crippen LogP contribution in [0.25, 0.3) is 0 Å². The summed E-state index contributed by atoms with van der Waals surface area (Å²) in [4.78, 5) is 13.6. The molecule has 0 spiro atoms. The van der Waals surface area contributed by atoms with E-state index < -0.39 is 0 Å². The number of carbonyl (C=O) groups is 1. The molecule has 0 N–H and O–H groups in total. The van der Waals surface area contributed by atoms with Gasteiger partial charge in [-0.25, -0.2) is 0 Å². The second-order valence-electron chi connectivity index (χ2n) is 5.86. The molecule has 1 saturated heterocycles. The Balaban J connectivity index is 1.76. The summed E-state index contributed by atoms with van der Waals surface area (Å²) in [6.45, 7) is 4.03. The number of benzene rings is 1. The summed E-state index contributed by atoms with van der Waals surface area (Å²) < 4.78 is 0. The molecule has 1 aliphatic heterocycles. The molecular formula is C18H27NO. The average molecular weight is 273 g/mol. The number of hydrogen-bond donors (Lipinski definition) is 0. The van der Waals surface area contributed by atoms with E-state index in [0.29, 0.717) is 18.6 Å². The lowest BCUT2D eigenvalue weighted by Crippen LogP contribution is -2.33. The molecule has 1 aliphatic rings. The maximum Gasteiger partial charge on any atom is 0.136 e. The summed E-state index contributed by atoms with van der Waals surface area (Å²) in [6, 6.07) is 8.95. The largest absolute Gasteiger partial charge is 0.371 e. The minimum absolute atomic E-state index is 0.407. The van der Waals surface area contributed by atoms with E-state index in [2.05, 4.69) is 36.1 Å². The highest BCUT2D eigenvalue weighted by Gasteiger charge is 2.15. The van der Waals surface area contributed by atoms with E-state index in [-0.39, 0.29) is 0 Å². The Kier molecular flexibility index (Phi) is 6.10. The molecule has 0 aliphatic carbocycles. The molecule has 110 valence electrons. The standard InChI is InChI=1S/C18H27NO/c1-2-3-4-5-6-7-16-8-10-17(11-9-16)19-14-12-18(20)13-15-19/h8-11H,2-7,12-15H2,1H3. The van der Waals surface area contributed by atoms with Gasteiger partial charge in [0.05, 0.1) is 0 Å². The van der Waals surface area contributed by atoms with Crippen molar-refractivity contribution in [3.05, 3.63) is 29.8 Å². The SMILES string of the molecule is CCCCCCCc1ccc(N2CCC(=O)CC2)cc1. The van der Waals surface area contributed by atoms with E-state index in [0.717, 1.165) is 13.1 Å². The summed E-state index contributed by atoms with van der Waals surface area (Å²) in [7, 11) is 0. The topological polar surface area (TPSA) is 20.3 Å². The van der Waals surface area contributed by atoms with Gasteiger partial charge in [0.25, 0.3) is 0 Å². The first-order valence-electron chi connectivity index (χ1n) is 8.15. The van der Waals surface area contributed by atoms with Crippen molar-refractivity contribution < 1.29 is 4.79 Å². The van der Waals surface area contributed by atoms with Crippen LogP contribution in [0.1, 0.15) is 57.4 Å². The van der Waals surface area contributed by atoms with Crippen LogP contribution in [0.15, 0.2) is 24.3 Å². The molecule has 1 aromatic carbocycles. The van der Waals surface area contributed by atoms with Crippen LogP contribution in [0, 0.1) is 0 Å². The van der Waals surface area contributed by atoms with Crippen LogP contribution < -0.4 is 4.90 Å². The van der Waals surface area contributed by atoms with E-state index in [1.807, 2.05) is 0 Å². The maximum atomic E-state index is 11.3. The molecule has 0 unspecified atom stereocenters. The number of anilines is 1. The van der Waals surface area contributed by atoms with Gasteiger partial charge in [-0.1, -0.05) is 44.7 Å². The zero-order valence-electron chi connectivity index (χ0n) is 12.7. The molecule has 0 aromatic heterocycles. The number of aryl methyl sites for hydroxylation is 1. The summed E-state index contributed by atoms with van der Waals surface area (Å²) >= 11 is 0. The minimum Gasteiger partial charge on any atom is -0.371 e. The molecule has 0 bridgehead atoms. The summed E-state index contributed by atoms with van der Waals surface area (Å²) in [5.41, 5.74) is 2.71. The summed E-state index contributed by atoms with van der Waals surface area (Å²) in [5.74, 6) is 0.407. The molecule has 1 aromatic rings. The van der Waals surface area contributed by atoms with E-state index in [1.165, 1.54) is 49.8 Å². The normalized spacial score (nSPS) is 15.7. The van der Waals surface area contributed by atoms with Gasteiger partial charge in [0.2, 0.25) is 0 Å². The fourth-order valence-corrected chi connectivity index (χ4v) is 2.82. The van der Waals surface area contributed by atoms with Gasteiger partial charge in [-0.2, -0.15) is 0 Å². The van der Waals surface area contributed by atoms with Gasteiger partial charge < -0.3 is 4.90 Å². The Hall–Kier alpha value is -1.31. The Morgan fingerprint density at radius 3 is 2.25 bits per heavy atom. The lowest BCUT2D eigenvalue weighted by molar-refractivity contribution is -0.119. The maximum absolute atomic E-state index is 11.3. The van der Waals surface area contributed by atoms with E-state index in [1.54, 1.807) is 0 Å². The Morgan fingerprint density at radius 2 is 1.60 bits per heavy atom. The quantitative estimate of drug-likeness (QED) is 0.688. The Bertz CT molecular complexity index is 400. The highest BCUT2D eigenvalue weighted by molar-refractivity contribution is 5.81. The fourth-order valence-electron chi connectivity index (χ4n) is 2.82. The van der Waals surface area contributed by atoms with Crippen LogP contribution in [0.2, 0.25) is 0 Å². The zero-order chi connectivity index (χ0) is 14.2. The number of nitrogens with zero attached hydrogens (tertiary/aromatic N) is 1. The smallest absolute Gasteiger partial charge is 0.136 e. The Morgan fingerprint density at radius 1 is 0.950 bits per heavy atom. The van der Waals surface area contributed by atoms with Gasteiger partial charge in [-0.05, 0) is 30.5 Å². The van der Waals surface area contributed by atoms with Crippen molar-refractivity contribution in [3.8, 4) is 0 Å². The van der Waals surface area contributed by atoms with Crippen molar-refractivity contribution in [1.82, 2.24) is 0 Å². The van der Waals surface area contributed by atoms with Gasteiger partial charge >= 0.3 is 0 Å². The zero-order valence-corrected chi connectivity index (χ0v) is 12.7. The number of unbranched alkanes of at least 4 members (excludes halogenated alkanes) is 4. The number of rotatable bonds is 7. The van der Waals surface area contributed by atoms with Gasteiger partial charge in [0, 0.05) is 31.6 Å². The molecular weight excluding hydrogens is 246 g/mol. The third-order valence-electron chi connectivity index (χ3n) is 4.19. The van der Waals surface area contributed by atoms with Crippen LogP contribution in [-0.2, 0) is 11.2 Å². The van der Waals surface area contributed by atoms with E-state index in [4.69, 9.17) is 0 Å². The first kappa shape index (κ1) is 15.1. The van der Waals surface area contributed by atoms with E-state index in [9.17, 15) is 4.79 Å². The van der Waals surface area contributed by atoms with Crippen molar-refractivity contribution >= 4 is 11.5 Å². The number of piperidine rings is 1. The van der Waals surface area contributed by atoms with Crippen molar-refractivity contribution in [2.45, 2.75) is 58.3 Å². The van der Waals surface area contributed by atoms with Crippen LogP contribution in [0.3, 0.4) is 0 Å². The summed E-state index contributed by atoms with van der Waals surface area (Å²) in [5, 5.41) is 0. The van der Waals surface area contributed by atoms with Crippen molar-refractivity contribution in [1.29, 1.82) is 0 Å². The molecule has 2 rings (SSSR count). The fraction of sp³-hybridized carbons (Fsp3) is 0.611. The van der Waals surface area contributed by atoms with Crippen LogP contribution in [0.4, 0.5) is 5.69 Å². The lowest BCUT2D eigenvalue weighted by atomic mass is 10.0. The summed E-state index contributed by atoms with van der Waals surface area (Å²) in [6.07, 6.45) is 9.32. The minimum atomic E-state index is 0.407. The van der Waals surface area contributed by atoms with Crippen LogP contribution >= 0.6 is 0 Å². The van der Waals surface area contributed by atoms with E-state index >= 15 is 0 Å². The van der Waals surface area contributed by atoms with Crippen LogP contribution in [0.5, 0.6) is 0 Å². The molecule has 0 amide bonds. The number of ketones is 1. The van der Waals surface area contributed by atoms with Gasteiger partial charge in [0.1, 0.15) is 5.78 Å². The molecule has 2 heteroatoms. The molecule has 0 saturated carbocycles. The Labute approximate surface area is 123 Å². The monoisotopic (exact) mass is 273 g/mol. The molecule has 1 heterocycles. The van der Waals surface area contributed by atoms with Gasteiger partial charge in [-0.3, -0.25) is 4.79 Å². The van der Waals surface area contributed by atoms with Crippen molar-refractivity contribution in [3.63, 3.8) is 0 Å². The predicted octanol–water partition coefficient (Wildman–Crippen LogP) is 4.37. The number of Topliss-reactive ketones (excluding diaryl/α,β-unsaturated/α-hetero) is 1. The molecule has 2 nitrogen and oxygen atoms in total. The molecule has 20 heavy (non-hydrogen) atoms. The third-order valence-corrected chi connectivity index (χ3v) is 4.19. The van der Waals surface area contributed by atoms with Gasteiger partial charge in [-0.15, -0.1) is 0 Å². The number of hydrogen-bond acceptors (Lipinski definition) is 2. The first-order valence-corrected chi connectivity index (χ1v) is 8.15. The second-order valence-corrected chi connectivity index (χ2v) is 5.86. The highest BCUT2D eigenvalue weighted by Crippen LogP contribution is 2.20.